The zero-order valence-corrected chi connectivity index (χ0v) is 23.5. The Morgan fingerprint density at radius 3 is 2.38 bits per heavy atom. The lowest BCUT2D eigenvalue weighted by atomic mass is 10.1. The molecule has 0 fully saturated rings. The lowest BCUT2D eigenvalue weighted by Gasteiger charge is -2.28. The Labute approximate surface area is 228 Å². The number of hydrogen-bond donors (Lipinski definition) is 0. The summed E-state index contributed by atoms with van der Waals surface area (Å²) in [6, 6.07) is 16.8. The first-order valence-electron chi connectivity index (χ1n) is 12.4. The lowest BCUT2D eigenvalue weighted by Crippen LogP contribution is -2.43. The fourth-order valence-electron chi connectivity index (χ4n) is 4.02. The molecule has 1 heterocycles. The molecular formula is C29H35ClN2O4S. The quantitative estimate of drug-likeness (QED) is 0.256. The second-order valence-electron chi connectivity index (χ2n) is 8.86. The average molecular weight is 543 g/mol. The Morgan fingerprint density at radius 1 is 0.946 bits per heavy atom. The van der Waals surface area contributed by atoms with E-state index in [4.69, 9.17) is 21.1 Å². The number of nitrogens with zero attached hydrogens (tertiary/aromatic N) is 2. The standard InChI is InChI=1S/C29H35ClN2O4S/c1-5-6-15-32(29(34)23-8-7-9-24(30)18-23)20-28(33)31(19-25-12-10-21(2)37-25)16-14-22-11-13-26(35-3)27(17-22)36-4/h7-13,17-18H,5-6,14-16,19-20H2,1-4H3. The van der Waals surface area contributed by atoms with Crippen LogP contribution < -0.4 is 9.47 Å². The van der Waals surface area contributed by atoms with Crippen LogP contribution in [-0.4, -0.2) is 55.5 Å². The van der Waals surface area contributed by atoms with Gasteiger partial charge in [0.1, 0.15) is 6.54 Å². The van der Waals surface area contributed by atoms with Crippen LogP contribution in [0.4, 0.5) is 0 Å². The number of aryl methyl sites for hydroxylation is 1. The SMILES string of the molecule is CCCCN(CC(=O)N(CCc1ccc(OC)c(OC)c1)Cc1ccc(C)s1)C(=O)c1cccc(Cl)c1. The molecule has 0 bridgehead atoms. The minimum absolute atomic E-state index is 0.0155. The van der Waals surface area contributed by atoms with Gasteiger partial charge in [-0.1, -0.05) is 37.1 Å². The minimum atomic E-state index is -0.184. The summed E-state index contributed by atoms with van der Waals surface area (Å²) in [5.74, 6) is 1.05. The van der Waals surface area contributed by atoms with E-state index in [-0.39, 0.29) is 18.4 Å². The predicted octanol–water partition coefficient (Wildman–Crippen LogP) is 6.24. The second kappa shape index (κ2) is 14.1. The number of halogens is 1. The number of unbranched alkanes of at least 4 members (excludes halogenated alkanes) is 1. The van der Waals surface area contributed by atoms with E-state index in [1.165, 1.54) is 4.88 Å². The van der Waals surface area contributed by atoms with Crippen molar-refractivity contribution in [3.05, 3.63) is 80.5 Å². The van der Waals surface area contributed by atoms with Crippen molar-refractivity contribution in [1.29, 1.82) is 0 Å². The molecule has 0 unspecified atom stereocenters. The van der Waals surface area contributed by atoms with Gasteiger partial charge < -0.3 is 19.3 Å². The summed E-state index contributed by atoms with van der Waals surface area (Å²) in [5.41, 5.74) is 1.53. The van der Waals surface area contributed by atoms with Crippen LogP contribution >= 0.6 is 22.9 Å². The third-order valence-electron chi connectivity index (χ3n) is 6.08. The molecule has 198 valence electrons. The summed E-state index contributed by atoms with van der Waals surface area (Å²) in [5, 5.41) is 0.497. The highest BCUT2D eigenvalue weighted by atomic mass is 35.5. The summed E-state index contributed by atoms with van der Waals surface area (Å²) in [6.45, 7) is 5.66. The van der Waals surface area contributed by atoms with E-state index < -0.39 is 0 Å². The summed E-state index contributed by atoms with van der Waals surface area (Å²) >= 11 is 7.80. The van der Waals surface area contributed by atoms with Crippen molar-refractivity contribution in [1.82, 2.24) is 9.80 Å². The van der Waals surface area contributed by atoms with Crippen molar-refractivity contribution in [3.63, 3.8) is 0 Å². The molecule has 1 aromatic heterocycles. The first kappa shape index (κ1) is 28.5. The number of benzene rings is 2. The predicted molar refractivity (Wildman–Crippen MR) is 150 cm³/mol. The largest absolute Gasteiger partial charge is 0.493 e. The van der Waals surface area contributed by atoms with Gasteiger partial charge in [-0.3, -0.25) is 9.59 Å². The van der Waals surface area contributed by atoms with E-state index in [1.54, 1.807) is 54.7 Å². The topological polar surface area (TPSA) is 59.1 Å². The molecule has 6 nitrogen and oxygen atoms in total. The van der Waals surface area contributed by atoms with Crippen molar-refractivity contribution >= 4 is 34.8 Å². The molecule has 0 aliphatic heterocycles. The maximum Gasteiger partial charge on any atom is 0.254 e. The van der Waals surface area contributed by atoms with Gasteiger partial charge >= 0.3 is 0 Å². The van der Waals surface area contributed by atoms with Crippen LogP contribution in [0.5, 0.6) is 11.5 Å². The van der Waals surface area contributed by atoms with Gasteiger partial charge in [-0.25, -0.2) is 0 Å². The van der Waals surface area contributed by atoms with Crippen LogP contribution in [-0.2, 0) is 17.8 Å². The number of thiophene rings is 1. The molecule has 0 saturated heterocycles. The molecule has 0 radical (unpaired) electrons. The third kappa shape index (κ3) is 8.23. The Hall–Kier alpha value is -3.03. The van der Waals surface area contributed by atoms with Gasteiger partial charge in [-0.2, -0.15) is 0 Å². The number of hydrogen-bond acceptors (Lipinski definition) is 5. The molecular weight excluding hydrogens is 508 g/mol. The number of amides is 2. The van der Waals surface area contributed by atoms with Gasteiger partial charge in [0.25, 0.3) is 5.91 Å². The maximum atomic E-state index is 13.6. The van der Waals surface area contributed by atoms with E-state index in [1.807, 2.05) is 23.1 Å². The average Bonchev–Trinajstić information content (AvgIpc) is 3.32. The van der Waals surface area contributed by atoms with E-state index >= 15 is 0 Å². The zero-order valence-electron chi connectivity index (χ0n) is 22.0. The van der Waals surface area contributed by atoms with Crippen LogP contribution in [0.1, 0.15) is 45.4 Å². The molecule has 0 aliphatic carbocycles. The monoisotopic (exact) mass is 542 g/mol. The number of carbonyl (C=O) groups excluding carboxylic acids is 2. The molecule has 0 saturated carbocycles. The van der Waals surface area contributed by atoms with Crippen LogP contribution in [0.25, 0.3) is 0 Å². The van der Waals surface area contributed by atoms with Crippen molar-refractivity contribution in [2.24, 2.45) is 0 Å². The normalized spacial score (nSPS) is 10.7. The molecule has 2 amide bonds. The van der Waals surface area contributed by atoms with Crippen molar-refractivity contribution in [2.45, 2.75) is 39.7 Å². The van der Waals surface area contributed by atoms with E-state index in [2.05, 4.69) is 26.0 Å². The smallest absolute Gasteiger partial charge is 0.254 e. The van der Waals surface area contributed by atoms with Crippen LogP contribution in [0, 0.1) is 6.92 Å². The Morgan fingerprint density at radius 2 is 1.73 bits per heavy atom. The van der Waals surface area contributed by atoms with Gasteiger partial charge in [0.05, 0.1) is 20.8 Å². The fourth-order valence-corrected chi connectivity index (χ4v) is 5.12. The molecule has 8 heteroatoms. The molecule has 2 aromatic carbocycles. The maximum absolute atomic E-state index is 13.6. The first-order valence-corrected chi connectivity index (χ1v) is 13.6. The Balaban J connectivity index is 1.79. The summed E-state index contributed by atoms with van der Waals surface area (Å²) in [7, 11) is 3.22. The summed E-state index contributed by atoms with van der Waals surface area (Å²) in [4.78, 5) is 32.7. The van der Waals surface area contributed by atoms with Gasteiger partial charge in [-0.05, 0) is 67.8 Å². The number of methoxy groups -OCH3 is 2. The molecule has 37 heavy (non-hydrogen) atoms. The van der Waals surface area contributed by atoms with Gasteiger partial charge in [0.15, 0.2) is 11.5 Å². The summed E-state index contributed by atoms with van der Waals surface area (Å²) in [6.07, 6.45) is 2.38. The lowest BCUT2D eigenvalue weighted by molar-refractivity contribution is -0.132. The van der Waals surface area contributed by atoms with E-state index in [0.29, 0.717) is 48.1 Å². The highest BCUT2D eigenvalue weighted by Crippen LogP contribution is 2.28. The molecule has 3 rings (SSSR count). The number of carbonyl (C=O) groups is 2. The van der Waals surface area contributed by atoms with Gasteiger partial charge in [0, 0.05) is 33.4 Å². The Kier molecular flexibility index (Phi) is 10.8. The molecule has 3 aromatic rings. The van der Waals surface area contributed by atoms with Crippen molar-refractivity contribution in [3.8, 4) is 11.5 Å². The number of ether oxygens (including phenoxy) is 2. The molecule has 0 N–H and O–H groups in total. The van der Waals surface area contributed by atoms with E-state index in [0.717, 1.165) is 23.3 Å². The van der Waals surface area contributed by atoms with Crippen LogP contribution in [0.15, 0.2) is 54.6 Å². The Bertz CT molecular complexity index is 1200. The molecule has 0 spiro atoms. The summed E-state index contributed by atoms with van der Waals surface area (Å²) < 4.78 is 10.8. The van der Waals surface area contributed by atoms with Crippen molar-refractivity contribution in [2.75, 3.05) is 33.9 Å². The highest BCUT2D eigenvalue weighted by molar-refractivity contribution is 7.11. The first-order chi connectivity index (χ1) is 17.8. The second-order valence-corrected chi connectivity index (χ2v) is 10.7. The van der Waals surface area contributed by atoms with E-state index in [9.17, 15) is 9.59 Å². The fraction of sp³-hybridized carbons (Fsp3) is 0.379. The number of rotatable bonds is 13. The minimum Gasteiger partial charge on any atom is -0.493 e. The van der Waals surface area contributed by atoms with Crippen molar-refractivity contribution < 1.29 is 19.1 Å². The third-order valence-corrected chi connectivity index (χ3v) is 7.30. The van der Waals surface area contributed by atoms with Crippen LogP contribution in [0.3, 0.4) is 0 Å². The highest BCUT2D eigenvalue weighted by Gasteiger charge is 2.23. The molecule has 0 aliphatic rings. The van der Waals surface area contributed by atoms with Gasteiger partial charge in [-0.15, -0.1) is 11.3 Å². The van der Waals surface area contributed by atoms with Crippen LogP contribution in [0.2, 0.25) is 5.02 Å². The molecule has 0 atom stereocenters. The zero-order chi connectivity index (χ0) is 26.8. The van der Waals surface area contributed by atoms with Gasteiger partial charge in [0.2, 0.25) is 5.91 Å².